The van der Waals surface area contributed by atoms with Gasteiger partial charge >= 0.3 is 0 Å². The summed E-state index contributed by atoms with van der Waals surface area (Å²) >= 11 is 0. The predicted octanol–water partition coefficient (Wildman–Crippen LogP) is 0.723. The van der Waals surface area contributed by atoms with Crippen LogP contribution in [-0.2, 0) is 9.47 Å². The summed E-state index contributed by atoms with van der Waals surface area (Å²) in [6, 6.07) is 0.942. The zero-order chi connectivity index (χ0) is 11.9. The molecule has 1 heterocycles. The molecule has 0 bridgehead atoms. The van der Waals surface area contributed by atoms with E-state index in [2.05, 4.69) is 10.2 Å². The lowest BCUT2D eigenvalue weighted by Gasteiger charge is -2.15. The van der Waals surface area contributed by atoms with Crippen LogP contribution in [0.1, 0.15) is 19.3 Å². The van der Waals surface area contributed by atoms with Crippen LogP contribution in [0, 0.1) is 5.92 Å². The van der Waals surface area contributed by atoms with E-state index in [1.165, 1.54) is 32.4 Å². The van der Waals surface area contributed by atoms with Gasteiger partial charge in [-0.05, 0) is 38.3 Å². The maximum atomic E-state index is 5.41. The van der Waals surface area contributed by atoms with E-state index in [0.29, 0.717) is 13.2 Å². The number of nitrogens with one attached hydrogen (secondary N) is 1. The molecule has 2 rings (SSSR count). The minimum atomic E-state index is 0.693. The summed E-state index contributed by atoms with van der Waals surface area (Å²) in [5, 5.41) is 3.49. The van der Waals surface area contributed by atoms with Crippen molar-refractivity contribution in [3.05, 3.63) is 0 Å². The molecule has 1 unspecified atom stereocenters. The van der Waals surface area contributed by atoms with E-state index in [9.17, 15) is 0 Å². The van der Waals surface area contributed by atoms with E-state index < -0.39 is 0 Å². The van der Waals surface area contributed by atoms with Crippen LogP contribution in [0.25, 0.3) is 0 Å². The van der Waals surface area contributed by atoms with Crippen molar-refractivity contribution < 1.29 is 9.47 Å². The molecule has 0 amide bonds. The quantitative estimate of drug-likeness (QED) is 0.604. The van der Waals surface area contributed by atoms with Gasteiger partial charge in [-0.2, -0.15) is 0 Å². The van der Waals surface area contributed by atoms with Gasteiger partial charge in [-0.25, -0.2) is 0 Å². The molecule has 1 aliphatic carbocycles. The Morgan fingerprint density at radius 3 is 2.82 bits per heavy atom. The first kappa shape index (κ1) is 13.3. The van der Waals surface area contributed by atoms with E-state index in [0.717, 1.165) is 31.7 Å². The standard InChI is InChI=1S/C13H26N2O2/c1-16-8-9-17-7-5-14-10-12-4-6-15(11-12)13-2-3-13/h12-14H,2-11H2,1H3. The average Bonchev–Trinajstić information content (AvgIpc) is 3.09. The molecule has 1 saturated heterocycles. The molecular formula is C13H26N2O2. The molecule has 2 aliphatic rings. The van der Waals surface area contributed by atoms with Crippen molar-refractivity contribution in [3.8, 4) is 0 Å². The van der Waals surface area contributed by atoms with Gasteiger partial charge in [0.2, 0.25) is 0 Å². The molecule has 4 nitrogen and oxygen atoms in total. The van der Waals surface area contributed by atoms with Gasteiger partial charge < -0.3 is 19.7 Å². The maximum Gasteiger partial charge on any atom is 0.0700 e. The Balaban J connectivity index is 1.40. The lowest BCUT2D eigenvalue weighted by molar-refractivity contribution is 0.0717. The maximum absolute atomic E-state index is 5.41. The van der Waals surface area contributed by atoms with Crippen molar-refractivity contribution in [2.45, 2.75) is 25.3 Å². The van der Waals surface area contributed by atoms with Gasteiger partial charge in [0.25, 0.3) is 0 Å². The summed E-state index contributed by atoms with van der Waals surface area (Å²) < 4.78 is 10.3. The van der Waals surface area contributed by atoms with Gasteiger partial charge in [0.15, 0.2) is 0 Å². The van der Waals surface area contributed by atoms with Crippen LogP contribution in [0.4, 0.5) is 0 Å². The molecule has 1 atom stereocenters. The highest BCUT2D eigenvalue weighted by Gasteiger charge is 2.33. The molecule has 17 heavy (non-hydrogen) atoms. The fourth-order valence-electron chi connectivity index (χ4n) is 2.50. The van der Waals surface area contributed by atoms with Crippen molar-refractivity contribution >= 4 is 0 Å². The first-order chi connectivity index (χ1) is 8.40. The van der Waals surface area contributed by atoms with Gasteiger partial charge in [0.1, 0.15) is 0 Å². The van der Waals surface area contributed by atoms with Crippen LogP contribution in [0.15, 0.2) is 0 Å². The Labute approximate surface area is 105 Å². The number of hydrogen-bond donors (Lipinski definition) is 1. The van der Waals surface area contributed by atoms with Crippen LogP contribution < -0.4 is 5.32 Å². The zero-order valence-corrected chi connectivity index (χ0v) is 11.0. The molecular weight excluding hydrogens is 216 g/mol. The normalized spacial score (nSPS) is 25.6. The third kappa shape index (κ3) is 4.92. The lowest BCUT2D eigenvalue weighted by atomic mass is 10.1. The Morgan fingerprint density at radius 2 is 2.06 bits per heavy atom. The number of methoxy groups -OCH3 is 1. The minimum absolute atomic E-state index is 0.693. The van der Waals surface area contributed by atoms with Crippen molar-refractivity contribution in [3.63, 3.8) is 0 Å². The van der Waals surface area contributed by atoms with Crippen molar-refractivity contribution in [2.24, 2.45) is 5.92 Å². The van der Waals surface area contributed by atoms with Crippen LogP contribution in [0.3, 0.4) is 0 Å². The molecule has 0 spiro atoms. The largest absolute Gasteiger partial charge is 0.382 e. The van der Waals surface area contributed by atoms with Crippen LogP contribution in [0.5, 0.6) is 0 Å². The van der Waals surface area contributed by atoms with Crippen LogP contribution >= 0.6 is 0 Å². The van der Waals surface area contributed by atoms with E-state index in [1.807, 2.05) is 0 Å². The monoisotopic (exact) mass is 242 g/mol. The fourth-order valence-corrected chi connectivity index (χ4v) is 2.50. The first-order valence-corrected chi connectivity index (χ1v) is 6.91. The molecule has 4 heteroatoms. The molecule has 2 fully saturated rings. The molecule has 0 aromatic carbocycles. The number of rotatable bonds is 9. The summed E-state index contributed by atoms with van der Waals surface area (Å²) in [6.45, 7) is 6.93. The highest BCUT2D eigenvalue weighted by molar-refractivity contribution is 4.89. The van der Waals surface area contributed by atoms with Crippen molar-refractivity contribution in [1.82, 2.24) is 10.2 Å². The highest BCUT2D eigenvalue weighted by atomic mass is 16.5. The highest BCUT2D eigenvalue weighted by Crippen LogP contribution is 2.31. The Bertz CT molecular complexity index is 210. The molecule has 0 aromatic heterocycles. The second kappa shape index (κ2) is 7.31. The van der Waals surface area contributed by atoms with Crippen LogP contribution in [0.2, 0.25) is 0 Å². The smallest absolute Gasteiger partial charge is 0.0700 e. The Hall–Kier alpha value is -0.160. The third-order valence-electron chi connectivity index (χ3n) is 3.67. The third-order valence-corrected chi connectivity index (χ3v) is 3.67. The van der Waals surface area contributed by atoms with Gasteiger partial charge in [-0.1, -0.05) is 0 Å². The van der Waals surface area contributed by atoms with E-state index in [1.54, 1.807) is 7.11 Å². The summed E-state index contributed by atoms with van der Waals surface area (Å²) in [6.07, 6.45) is 4.25. The molecule has 1 aliphatic heterocycles. The second-order valence-electron chi connectivity index (χ2n) is 5.19. The SMILES string of the molecule is COCCOCCNCC1CCN(C2CC2)C1. The average molecular weight is 242 g/mol. The summed E-state index contributed by atoms with van der Waals surface area (Å²) in [7, 11) is 1.70. The Morgan fingerprint density at radius 1 is 1.18 bits per heavy atom. The zero-order valence-electron chi connectivity index (χ0n) is 11.0. The number of nitrogens with zero attached hydrogens (tertiary/aromatic N) is 1. The molecule has 1 saturated carbocycles. The first-order valence-electron chi connectivity index (χ1n) is 6.91. The Kier molecular flexibility index (Phi) is 5.71. The number of likely N-dealkylation sites (tertiary alicyclic amines) is 1. The number of hydrogen-bond acceptors (Lipinski definition) is 4. The van der Waals surface area contributed by atoms with Gasteiger partial charge in [-0.15, -0.1) is 0 Å². The predicted molar refractivity (Wildman–Crippen MR) is 68.3 cm³/mol. The second-order valence-corrected chi connectivity index (χ2v) is 5.19. The van der Waals surface area contributed by atoms with Gasteiger partial charge in [0.05, 0.1) is 19.8 Å². The molecule has 100 valence electrons. The van der Waals surface area contributed by atoms with Crippen molar-refractivity contribution in [2.75, 3.05) is 53.1 Å². The van der Waals surface area contributed by atoms with Gasteiger partial charge in [-0.3, -0.25) is 0 Å². The van der Waals surface area contributed by atoms with E-state index >= 15 is 0 Å². The lowest BCUT2D eigenvalue weighted by Crippen LogP contribution is -2.29. The molecule has 0 aromatic rings. The van der Waals surface area contributed by atoms with Crippen molar-refractivity contribution in [1.29, 1.82) is 0 Å². The fraction of sp³-hybridized carbons (Fsp3) is 1.00. The molecule has 0 radical (unpaired) electrons. The van der Waals surface area contributed by atoms with E-state index in [-0.39, 0.29) is 0 Å². The topological polar surface area (TPSA) is 33.7 Å². The summed E-state index contributed by atoms with van der Waals surface area (Å²) in [5.74, 6) is 0.856. The molecule has 1 N–H and O–H groups in total. The van der Waals surface area contributed by atoms with E-state index in [4.69, 9.17) is 9.47 Å². The van der Waals surface area contributed by atoms with Gasteiger partial charge in [0, 0.05) is 26.2 Å². The number of ether oxygens (including phenoxy) is 2. The summed E-state index contributed by atoms with van der Waals surface area (Å²) in [5.41, 5.74) is 0. The minimum Gasteiger partial charge on any atom is -0.382 e. The van der Waals surface area contributed by atoms with Crippen LogP contribution in [-0.4, -0.2) is 64.1 Å². The summed E-state index contributed by atoms with van der Waals surface area (Å²) in [4.78, 5) is 2.67.